The standard InChI is InChI=1S/C30H30ClN3O5S2/c1-20-8-14-27(15-9-20)41(38,39)34(25-13-10-21(2)22(3)18-25)19-30(35)32-24-11-16-26(17-12-24)40(36,37)33-29-7-5-6-28(31)23(29)4/h5-18,33H,19H2,1-4H3,(H,32,35). The zero-order chi connectivity index (χ0) is 29.9. The lowest BCUT2D eigenvalue weighted by Crippen LogP contribution is -2.38. The largest absolute Gasteiger partial charge is 0.325 e. The molecule has 8 nitrogen and oxygen atoms in total. The van der Waals surface area contributed by atoms with Crippen molar-refractivity contribution in [3.63, 3.8) is 0 Å². The summed E-state index contributed by atoms with van der Waals surface area (Å²) in [4.78, 5) is 13.2. The van der Waals surface area contributed by atoms with E-state index in [1.807, 2.05) is 20.8 Å². The van der Waals surface area contributed by atoms with Crippen molar-refractivity contribution >= 4 is 54.6 Å². The lowest BCUT2D eigenvalue weighted by atomic mass is 10.1. The minimum Gasteiger partial charge on any atom is -0.325 e. The van der Waals surface area contributed by atoms with Gasteiger partial charge in [0.1, 0.15) is 6.54 Å². The highest BCUT2D eigenvalue weighted by Gasteiger charge is 2.27. The summed E-state index contributed by atoms with van der Waals surface area (Å²) < 4.78 is 56.7. The lowest BCUT2D eigenvalue weighted by Gasteiger charge is -2.25. The molecule has 0 atom stereocenters. The number of amides is 1. The Bertz CT molecular complexity index is 1810. The van der Waals surface area contributed by atoms with Crippen LogP contribution in [0.4, 0.5) is 17.1 Å². The van der Waals surface area contributed by atoms with E-state index in [9.17, 15) is 21.6 Å². The first-order chi connectivity index (χ1) is 19.3. The van der Waals surface area contributed by atoms with Crippen LogP contribution in [0.2, 0.25) is 5.02 Å². The van der Waals surface area contributed by atoms with Crippen molar-refractivity contribution in [2.75, 3.05) is 20.9 Å². The van der Waals surface area contributed by atoms with E-state index in [2.05, 4.69) is 10.0 Å². The number of hydrogen-bond donors (Lipinski definition) is 2. The van der Waals surface area contributed by atoms with Gasteiger partial charge in [0, 0.05) is 10.7 Å². The number of halogens is 1. The van der Waals surface area contributed by atoms with Gasteiger partial charge < -0.3 is 5.32 Å². The second kappa shape index (κ2) is 11.9. The fourth-order valence-electron chi connectivity index (χ4n) is 4.00. The Morgan fingerprint density at radius 3 is 2.05 bits per heavy atom. The molecule has 214 valence electrons. The van der Waals surface area contributed by atoms with Crippen molar-refractivity contribution in [2.24, 2.45) is 0 Å². The minimum atomic E-state index is -4.07. The van der Waals surface area contributed by atoms with Crippen molar-refractivity contribution in [1.29, 1.82) is 0 Å². The highest BCUT2D eigenvalue weighted by atomic mass is 35.5. The van der Waals surface area contributed by atoms with Crippen LogP contribution in [-0.2, 0) is 24.8 Å². The van der Waals surface area contributed by atoms with E-state index in [1.165, 1.54) is 36.4 Å². The first-order valence-electron chi connectivity index (χ1n) is 12.6. The van der Waals surface area contributed by atoms with Crippen LogP contribution in [0.1, 0.15) is 22.3 Å². The van der Waals surface area contributed by atoms with E-state index in [0.717, 1.165) is 21.0 Å². The molecule has 0 heterocycles. The minimum absolute atomic E-state index is 0.0198. The first kappa shape index (κ1) is 30.1. The molecule has 2 N–H and O–H groups in total. The first-order valence-corrected chi connectivity index (χ1v) is 15.9. The monoisotopic (exact) mass is 611 g/mol. The van der Waals surface area contributed by atoms with Crippen LogP contribution < -0.4 is 14.3 Å². The average Bonchev–Trinajstić information content (AvgIpc) is 2.92. The number of nitrogens with zero attached hydrogens (tertiary/aromatic N) is 1. The number of benzene rings is 4. The summed E-state index contributed by atoms with van der Waals surface area (Å²) in [5.74, 6) is -0.595. The van der Waals surface area contributed by atoms with Gasteiger partial charge in [-0.05, 0) is 105 Å². The van der Waals surface area contributed by atoms with Crippen LogP contribution in [0.25, 0.3) is 0 Å². The number of rotatable bonds is 9. The zero-order valence-corrected chi connectivity index (χ0v) is 25.4. The fourth-order valence-corrected chi connectivity index (χ4v) is 6.71. The Morgan fingerprint density at radius 2 is 1.41 bits per heavy atom. The molecular weight excluding hydrogens is 582 g/mol. The summed E-state index contributed by atoms with van der Waals surface area (Å²) in [6.45, 7) is 6.86. The van der Waals surface area contributed by atoms with E-state index in [4.69, 9.17) is 11.6 Å². The summed E-state index contributed by atoms with van der Waals surface area (Å²) >= 11 is 6.10. The van der Waals surface area contributed by atoms with Gasteiger partial charge in [0.25, 0.3) is 20.0 Å². The van der Waals surface area contributed by atoms with Crippen molar-refractivity contribution < 1.29 is 21.6 Å². The topological polar surface area (TPSA) is 113 Å². The van der Waals surface area contributed by atoms with E-state index >= 15 is 0 Å². The van der Waals surface area contributed by atoms with E-state index < -0.39 is 32.5 Å². The molecule has 0 aliphatic carbocycles. The van der Waals surface area contributed by atoms with Gasteiger partial charge in [-0.25, -0.2) is 16.8 Å². The molecule has 0 fully saturated rings. The molecule has 0 saturated carbocycles. The number of hydrogen-bond acceptors (Lipinski definition) is 5. The number of aryl methyl sites for hydroxylation is 3. The summed E-state index contributed by atoms with van der Waals surface area (Å²) in [6, 6.07) is 22.1. The smallest absolute Gasteiger partial charge is 0.264 e. The van der Waals surface area contributed by atoms with E-state index in [1.54, 1.807) is 55.5 Å². The normalized spacial score (nSPS) is 11.6. The molecular formula is C30H30ClN3O5S2. The SMILES string of the molecule is Cc1ccc(S(=O)(=O)N(CC(=O)Nc2ccc(S(=O)(=O)Nc3cccc(Cl)c3C)cc2)c2ccc(C)c(C)c2)cc1. The van der Waals surface area contributed by atoms with Crippen LogP contribution in [0, 0.1) is 27.7 Å². The maximum atomic E-state index is 13.6. The summed E-state index contributed by atoms with van der Waals surface area (Å²) in [6.07, 6.45) is 0. The molecule has 4 aromatic rings. The molecule has 0 radical (unpaired) electrons. The van der Waals surface area contributed by atoms with Crippen molar-refractivity contribution in [3.8, 4) is 0 Å². The van der Waals surface area contributed by atoms with Crippen molar-refractivity contribution in [2.45, 2.75) is 37.5 Å². The number of anilines is 3. The third-order valence-electron chi connectivity index (χ3n) is 6.64. The predicted molar refractivity (Wildman–Crippen MR) is 164 cm³/mol. The molecule has 0 aromatic heterocycles. The third kappa shape index (κ3) is 6.90. The summed E-state index contributed by atoms with van der Waals surface area (Å²) in [5, 5.41) is 3.10. The van der Waals surface area contributed by atoms with E-state index in [0.29, 0.717) is 27.6 Å². The maximum Gasteiger partial charge on any atom is 0.264 e. The number of sulfonamides is 2. The molecule has 11 heteroatoms. The van der Waals surface area contributed by atoms with Gasteiger partial charge in [0.15, 0.2) is 0 Å². The molecule has 41 heavy (non-hydrogen) atoms. The number of nitrogens with one attached hydrogen (secondary N) is 2. The maximum absolute atomic E-state index is 13.6. The molecule has 0 bridgehead atoms. The van der Waals surface area contributed by atoms with Gasteiger partial charge in [-0.3, -0.25) is 13.8 Å². The summed E-state index contributed by atoms with van der Waals surface area (Å²) in [5.41, 5.74) is 4.38. The fraction of sp³-hybridized carbons (Fsp3) is 0.167. The predicted octanol–water partition coefficient (Wildman–Crippen LogP) is 6.21. The molecule has 0 aliphatic heterocycles. The van der Waals surface area contributed by atoms with Gasteiger partial charge in [-0.15, -0.1) is 0 Å². The quantitative estimate of drug-likeness (QED) is 0.234. The Labute approximate surface area is 246 Å². The second-order valence-corrected chi connectivity index (χ2v) is 13.6. The van der Waals surface area contributed by atoms with Crippen LogP contribution in [-0.4, -0.2) is 29.3 Å². The molecule has 0 aliphatic rings. The van der Waals surface area contributed by atoms with Gasteiger partial charge in [0.05, 0.1) is 21.2 Å². The molecule has 4 rings (SSSR count). The number of carbonyl (C=O) groups is 1. The molecule has 4 aromatic carbocycles. The zero-order valence-electron chi connectivity index (χ0n) is 23.0. The Hall–Kier alpha value is -3.86. The van der Waals surface area contributed by atoms with Crippen LogP contribution >= 0.6 is 11.6 Å². The molecule has 0 saturated heterocycles. The Morgan fingerprint density at radius 1 is 0.780 bits per heavy atom. The Balaban J connectivity index is 1.55. The van der Waals surface area contributed by atoms with Gasteiger partial charge in [-0.2, -0.15) is 0 Å². The van der Waals surface area contributed by atoms with Gasteiger partial charge in [-0.1, -0.05) is 41.4 Å². The van der Waals surface area contributed by atoms with Crippen molar-refractivity contribution in [3.05, 3.63) is 112 Å². The van der Waals surface area contributed by atoms with Crippen LogP contribution in [0.5, 0.6) is 0 Å². The number of carbonyl (C=O) groups excluding carboxylic acids is 1. The highest BCUT2D eigenvalue weighted by Crippen LogP contribution is 2.28. The lowest BCUT2D eigenvalue weighted by molar-refractivity contribution is -0.114. The molecule has 1 amide bonds. The van der Waals surface area contributed by atoms with E-state index in [-0.39, 0.29) is 9.79 Å². The summed E-state index contributed by atoms with van der Waals surface area (Å²) in [7, 11) is -8.00. The van der Waals surface area contributed by atoms with Crippen molar-refractivity contribution in [1.82, 2.24) is 0 Å². The van der Waals surface area contributed by atoms with Crippen LogP contribution in [0.15, 0.2) is 94.7 Å². The average molecular weight is 612 g/mol. The van der Waals surface area contributed by atoms with Gasteiger partial charge >= 0.3 is 0 Å². The second-order valence-electron chi connectivity index (χ2n) is 9.68. The van der Waals surface area contributed by atoms with Gasteiger partial charge in [0.2, 0.25) is 5.91 Å². The Kier molecular flexibility index (Phi) is 8.77. The third-order valence-corrected chi connectivity index (χ3v) is 10.2. The van der Waals surface area contributed by atoms with Crippen LogP contribution in [0.3, 0.4) is 0 Å². The molecule has 0 unspecified atom stereocenters. The highest BCUT2D eigenvalue weighted by molar-refractivity contribution is 7.93. The molecule has 0 spiro atoms.